The van der Waals surface area contributed by atoms with Gasteiger partial charge in [-0.15, -0.1) is 0 Å². The fourth-order valence-corrected chi connectivity index (χ4v) is 2.64. The molecule has 7 nitrogen and oxygen atoms in total. The Balaban J connectivity index is 1.84. The summed E-state index contributed by atoms with van der Waals surface area (Å²) < 4.78 is 0. The second-order valence-corrected chi connectivity index (χ2v) is 6.65. The molecule has 2 aromatic carbocycles. The summed E-state index contributed by atoms with van der Waals surface area (Å²) in [4.78, 5) is 30.8. The number of aryl methyl sites for hydroxylation is 1. The molecule has 0 aliphatic carbocycles. The Labute approximate surface area is 170 Å². The van der Waals surface area contributed by atoms with Gasteiger partial charge in [-0.2, -0.15) is 10.1 Å². The Bertz CT molecular complexity index is 1080. The normalized spacial score (nSPS) is 10.8. The number of nitrogens with one attached hydrogen (secondary N) is 3. The number of carbonyl (C=O) groups is 1. The minimum atomic E-state index is -0.593. The van der Waals surface area contributed by atoms with Crippen LogP contribution in [-0.2, 0) is 0 Å². The van der Waals surface area contributed by atoms with Crippen molar-refractivity contribution in [1.82, 2.24) is 9.97 Å². The zero-order valence-corrected chi connectivity index (χ0v) is 16.2. The monoisotopic (exact) mass is 415 g/mol. The van der Waals surface area contributed by atoms with Crippen molar-refractivity contribution >= 4 is 46.8 Å². The van der Waals surface area contributed by atoms with E-state index in [9.17, 15) is 9.59 Å². The highest BCUT2D eigenvalue weighted by atomic mass is 35.5. The van der Waals surface area contributed by atoms with Gasteiger partial charge in [0, 0.05) is 21.4 Å². The fraction of sp³-hybridized carbons (Fsp3) is 0.0526. The Morgan fingerprint density at radius 2 is 1.68 bits per heavy atom. The van der Waals surface area contributed by atoms with E-state index in [2.05, 4.69) is 25.8 Å². The number of hydrogen-bond donors (Lipinski definition) is 3. The molecule has 0 bridgehead atoms. The van der Waals surface area contributed by atoms with Crippen LogP contribution in [0.3, 0.4) is 0 Å². The molecular weight excluding hydrogens is 401 g/mol. The van der Waals surface area contributed by atoms with Crippen molar-refractivity contribution in [1.29, 1.82) is 0 Å². The molecule has 3 rings (SSSR count). The van der Waals surface area contributed by atoms with Crippen molar-refractivity contribution in [3.8, 4) is 0 Å². The van der Waals surface area contributed by atoms with Gasteiger partial charge in [-0.05, 0) is 48.9 Å². The number of amides is 1. The molecule has 142 valence electrons. The maximum atomic E-state index is 12.7. The van der Waals surface area contributed by atoms with E-state index in [1.807, 2.05) is 0 Å². The number of aromatic nitrogens is 2. The molecule has 0 atom stereocenters. The van der Waals surface area contributed by atoms with Crippen molar-refractivity contribution in [2.75, 3.05) is 10.7 Å². The number of benzene rings is 2. The van der Waals surface area contributed by atoms with Crippen LogP contribution in [-0.4, -0.2) is 22.1 Å². The first-order valence-electron chi connectivity index (χ1n) is 8.15. The average molecular weight is 416 g/mol. The lowest BCUT2D eigenvalue weighted by Gasteiger charge is -2.11. The highest BCUT2D eigenvalue weighted by molar-refractivity contribution is 6.31. The molecule has 0 aliphatic heterocycles. The van der Waals surface area contributed by atoms with Gasteiger partial charge in [0.2, 0.25) is 0 Å². The molecule has 0 saturated heterocycles. The first-order valence-corrected chi connectivity index (χ1v) is 8.90. The van der Waals surface area contributed by atoms with Crippen LogP contribution in [0, 0.1) is 6.92 Å². The zero-order chi connectivity index (χ0) is 20.1. The average Bonchev–Trinajstić information content (AvgIpc) is 2.64. The standard InChI is InChI=1S/C19H15Cl2N5O2/c1-11-16(18(27)24-15-8-6-14(21)7-9-15)17(25-19(28)23-11)26-22-10-12-2-4-13(20)5-3-12/h2-10H,1H3,(H,24,27)(H2,23,25,26,28)/b22-10-. The molecule has 1 aromatic heterocycles. The molecule has 0 saturated carbocycles. The Kier molecular flexibility index (Phi) is 6.08. The van der Waals surface area contributed by atoms with Gasteiger partial charge in [-0.1, -0.05) is 35.3 Å². The van der Waals surface area contributed by atoms with Crippen LogP contribution in [0.15, 0.2) is 58.4 Å². The van der Waals surface area contributed by atoms with E-state index in [0.717, 1.165) is 5.56 Å². The number of anilines is 2. The second kappa shape index (κ2) is 8.69. The van der Waals surface area contributed by atoms with Gasteiger partial charge in [-0.25, -0.2) is 4.79 Å². The molecule has 3 aromatic rings. The summed E-state index contributed by atoms with van der Waals surface area (Å²) in [5.74, 6) is -0.411. The quantitative estimate of drug-likeness (QED) is 0.431. The zero-order valence-electron chi connectivity index (χ0n) is 14.7. The van der Waals surface area contributed by atoms with Gasteiger partial charge >= 0.3 is 5.69 Å². The SMILES string of the molecule is Cc1[nH]c(=O)nc(N/N=C\c2ccc(Cl)cc2)c1C(=O)Nc1ccc(Cl)cc1. The predicted octanol–water partition coefficient (Wildman–Crippen LogP) is 4.08. The van der Waals surface area contributed by atoms with Gasteiger partial charge in [-0.3, -0.25) is 10.2 Å². The number of rotatable bonds is 5. The Morgan fingerprint density at radius 3 is 2.32 bits per heavy atom. The maximum Gasteiger partial charge on any atom is 0.347 e. The van der Waals surface area contributed by atoms with Crippen LogP contribution in [0.1, 0.15) is 21.6 Å². The molecule has 3 N–H and O–H groups in total. The minimum Gasteiger partial charge on any atom is -0.322 e. The number of carbonyl (C=O) groups excluding carboxylic acids is 1. The Morgan fingerprint density at radius 1 is 1.07 bits per heavy atom. The van der Waals surface area contributed by atoms with E-state index < -0.39 is 11.6 Å². The van der Waals surface area contributed by atoms with E-state index in [0.29, 0.717) is 21.4 Å². The Hall–Kier alpha value is -3.16. The van der Waals surface area contributed by atoms with E-state index >= 15 is 0 Å². The van der Waals surface area contributed by atoms with Crippen LogP contribution in [0.25, 0.3) is 0 Å². The number of H-pyrrole nitrogens is 1. The van der Waals surface area contributed by atoms with Gasteiger partial charge in [0.1, 0.15) is 5.56 Å². The smallest absolute Gasteiger partial charge is 0.322 e. The third-order valence-electron chi connectivity index (χ3n) is 3.70. The summed E-state index contributed by atoms with van der Waals surface area (Å²) in [6, 6.07) is 13.7. The molecule has 28 heavy (non-hydrogen) atoms. The van der Waals surface area contributed by atoms with Gasteiger partial charge in [0.15, 0.2) is 5.82 Å². The molecule has 9 heteroatoms. The molecule has 0 aliphatic rings. The van der Waals surface area contributed by atoms with Crippen molar-refractivity contribution in [3.63, 3.8) is 0 Å². The molecule has 1 heterocycles. The minimum absolute atomic E-state index is 0.0397. The number of halogens is 2. The van der Waals surface area contributed by atoms with Crippen LogP contribution in [0.2, 0.25) is 10.0 Å². The van der Waals surface area contributed by atoms with Gasteiger partial charge in [0.25, 0.3) is 5.91 Å². The molecule has 0 radical (unpaired) electrons. The second-order valence-electron chi connectivity index (χ2n) is 5.77. The third-order valence-corrected chi connectivity index (χ3v) is 4.21. The van der Waals surface area contributed by atoms with E-state index in [1.54, 1.807) is 55.5 Å². The van der Waals surface area contributed by atoms with Crippen LogP contribution in [0.4, 0.5) is 11.5 Å². The molecule has 1 amide bonds. The number of nitrogens with zero attached hydrogens (tertiary/aromatic N) is 2. The molecular formula is C19H15Cl2N5O2. The summed E-state index contributed by atoms with van der Waals surface area (Å²) >= 11 is 11.7. The highest BCUT2D eigenvalue weighted by Crippen LogP contribution is 2.18. The lowest BCUT2D eigenvalue weighted by Crippen LogP contribution is -2.22. The van der Waals surface area contributed by atoms with Crippen LogP contribution < -0.4 is 16.4 Å². The van der Waals surface area contributed by atoms with E-state index in [1.165, 1.54) is 6.21 Å². The first-order chi connectivity index (χ1) is 13.4. The van der Waals surface area contributed by atoms with E-state index in [-0.39, 0.29) is 11.4 Å². The molecule has 0 fully saturated rings. The summed E-state index contributed by atoms with van der Waals surface area (Å²) in [6.07, 6.45) is 1.52. The van der Waals surface area contributed by atoms with Crippen molar-refractivity contribution in [2.45, 2.75) is 6.92 Å². The number of aromatic amines is 1. The molecule has 0 spiro atoms. The summed E-state index contributed by atoms with van der Waals surface area (Å²) in [7, 11) is 0. The maximum absolute atomic E-state index is 12.7. The molecule has 0 unspecified atom stereocenters. The van der Waals surface area contributed by atoms with Crippen molar-refractivity contribution in [3.05, 3.63) is 85.9 Å². The van der Waals surface area contributed by atoms with E-state index in [4.69, 9.17) is 23.2 Å². The van der Waals surface area contributed by atoms with Crippen LogP contribution >= 0.6 is 23.2 Å². The summed E-state index contributed by atoms with van der Waals surface area (Å²) in [5.41, 5.74) is 3.93. The largest absolute Gasteiger partial charge is 0.347 e. The third kappa shape index (κ3) is 4.97. The summed E-state index contributed by atoms with van der Waals surface area (Å²) in [6.45, 7) is 1.61. The fourth-order valence-electron chi connectivity index (χ4n) is 2.39. The lowest BCUT2D eigenvalue weighted by molar-refractivity contribution is 0.102. The van der Waals surface area contributed by atoms with Gasteiger partial charge in [0.05, 0.1) is 6.21 Å². The lowest BCUT2D eigenvalue weighted by atomic mass is 10.2. The topological polar surface area (TPSA) is 99.2 Å². The van der Waals surface area contributed by atoms with Crippen molar-refractivity contribution in [2.24, 2.45) is 5.10 Å². The van der Waals surface area contributed by atoms with Crippen LogP contribution in [0.5, 0.6) is 0 Å². The predicted molar refractivity (Wildman–Crippen MR) is 112 cm³/mol. The number of hydrogen-bond acceptors (Lipinski definition) is 5. The summed E-state index contributed by atoms with van der Waals surface area (Å²) in [5, 5.41) is 7.95. The van der Waals surface area contributed by atoms with Crippen molar-refractivity contribution < 1.29 is 4.79 Å². The highest BCUT2D eigenvalue weighted by Gasteiger charge is 2.17. The first kappa shape index (κ1) is 19.6. The number of hydrazone groups is 1. The van der Waals surface area contributed by atoms with Gasteiger partial charge < -0.3 is 10.3 Å².